The highest BCUT2D eigenvalue weighted by Gasteiger charge is 2.09. The average Bonchev–Trinajstić information content (AvgIpc) is 2.38. The number of aromatic nitrogens is 2. The van der Waals surface area contributed by atoms with Gasteiger partial charge in [-0.05, 0) is 25.3 Å². The van der Waals surface area contributed by atoms with E-state index in [9.17, 15) is 14.4 Å². The van der Waals surface area contributed by atoms with Crippen molar-refractivity contribution in [2.24, 2.45) is 20.0 Å². The molecule has 0 amide bonds. The molecular formula is C15H22N2O4. The Balaban J connectivity index is 2.85. The quantitative estimate of drug-likeness (QED) is 0.602. The van der Waals surface area contributed by atoms with E-state index in [1.165, 1.54) is 30.0 Å². The third-order valence-corrected chi connectivity index (χ3v) is 2.99. The van der Waals surface area contributed by atoms with E-state index in [2.05, 4.69) is 0 Å². The van der Waals surface area contributed by atoms with Crippen LogP contribution in [0.5, 0.6) is 0 Å². The first-order valence-electron chi connectivity index (χ1n) is 6.87. The van der Waals surface area contributed by atoms with Crippen molar-refractivity contribution < 1.29 is 9.53 Å². The van der Waals surface area contributed by atoms with Crippen LogP contribution in [0.25, 0.3) is 6.08 Å². The van der Waals surface area contributed by atoms with E-state index in [1.54, 1.807) is 7.05 Å². The molecule has 0 N–H and O–H groups in total. The molecule has 0 aliphatic heterocycles. The molecule has 0 aliphatic rings. The fourth-order valence-corrected chi connectivity index (χ4v) is 2.06. The highest BCUT2D eigenvalue weighted by molar-refractivity contribution is 5.87. The van der Waals surface area contributed by atoms with Crippen LogP contribution in [0, 0.1) is 5.92 Å². The van der Waals surface area contributed by atoms with Crippen LogP contribution >= 0.6 is 0 Å². The Morgan fingerprint density at radius 1 is 1.29 bits per heavy atom. The van der Waals surface area contributed by atoms with Crippen molar-refractivity contribution in [3.8, 4) is 0 Å². The van der Waals surface area contributed by atoms with E-state index in [4.69, 9.17) is 4.74 Å². The lowest BCUT2D eigenvalue weighted by Crippen LogP contribution is -2.37. The van der Waals surface area contributed by atoms with Crippen LogP contribution in [-0.4, -0.2) is 21.2 Å². The Bertz CT molecular complexity index is 653. The summed E-state index contributed by atoms with van der Waals surface area (Å²) in [5.41, 5.74) is -0.601. The maximum Gasteiger partial charge on any atom is 0.331 e. The van der Waals surface area contributed by atoms with Gasteiger partial charge in [0.05, 0.1) is 11.7 Å². The van der Waals surface area contributed by atoms with E-state index < -0.39 is 17.2 Å². The molecule has 21 heavy (non-hydrogen) atoms. The van der Waals surface area contributed by atoms with E-state index in [-0.39, 0.29) is 11.7 Å². The maximum absolute atomic E-state index is 11.9. The van der Waals surface area contributed by atoms with Gasteiger partial charge >= 0.3 is 11.7 Å². The normalized spacial score (nSPS) is 12.9. The lowest BCUT2D eigenvalue weighted by atomic mass is 10.1. The molecule has 0 aliphatic carbocycles. The zero-order valence-corrected chi connectivity index (χ0v) is 13.1. The highest BCUT2D eigenvalue weighted by Crippen LogP contribution is 2.08. The summed E-state index contributed by atoms with van der Waals surface area (Å²) in [6.45, 7) is 5.93. The van der Waals surface area contributed by atoms with Gasteiger partial charge in [0.15, 0.2) is 0 Å². The summed E-state index contributed by atoms with van der Waals surface area (Å²) in [4.78, 5) is 35.1. The number of ether oxygens (including phenoxy) is 1. The molecule has 6 heteroatoms. The van der Waals surface area contributed by atoms with E-state index >= 15 is 0 Å². The molecule has 0 saturated carbocycles. The largest absolute Gasteiger partial charge is 0.460 e. The zero-order valence-electron chi connectivity index (χ0n) is 13.1. The van der Waals surface area contributed by atoms with Gasteiger partial charge in [-0.25, -0.2) is 9.59 Å². The summed E-state index contributed by atoms with van der Waals surface area (Å²) in [5.74, 6) is -0.0632. The van der Waals surface area contributed by atoms with Crippen LogP contribution in [0.15, 0.2) is 21.9 Å². The molecule has 6 nitrogen and oxygen atoms in total. The summed E-state index contributed by atoms with van der Waals surface area (Å²) in [6, 6.07) is 0. The second-order valence-electron chi connectivity index (χ2n) is 5.55. The summed E-state index contributed by atoms with van der Waals surface area (Å²) in [7, 11) is 2.94. The molecule has 0 radical (unpaired) electrons. The predicted octanol–water partition coefficient (Wildman–Crippen LogP) is 1.07. The van der Waals surface area contributed by atoms with Crippen LogP contribution in [0.1, 0.15) is 32.8 Å². The monoisotopic (exact) mass is 294 g/mol. The Morgan fingerprint density at radius 3 is 2.48 bits per heavy atom. The molecular weight excluding hydrogens is 272 g/mol. The van der Waals surface area contributed by atoms with Crippen molar-refractivity contribution in [3.63, 3.8) is 0 Å². The second-order valence-corrected chi connectivity index (χ2v) is 5.55. The third-order valence-electron chi connectivity index (χ3n) is 2.99. The van der Waals surface area contributed by atoms with Crippen LogP contribution < -0.4 is 11.2 Å². The van der Waals surface area contributed by atoms with E-state index in [0.717, 1.165) is 11.0 Å². The number of hydrogen-bond acceptors (Lipinski definition) is 4. The summed E-state index contributed by atoms with van der Waals surface area (Å²) >= 11 is 0. The Labute approximate surface area is 123 Å². The molecule has 0 fully saturated rings. The van der Waals surface area contributed by atoms with Crippen molar-refractivity contribution in [2.45, 2.75) is 33.3 Å². The zero-order chi connectivity index (χ0) is 16.2. The number of nitrogens with zero attached hydrogens (tertiary/aromatic N) is 2. The molecule has 0 bridgehead atoms. The molecule has 0 saturated heterocycles. The summed E-state index contributed by atoms with van der Waals surface area (Å²) in [5, 5.41) is 0. The molecule has 1 aromatic rings. The number of esters is 1. The second kappa shape index (κ2) is 7.06. The van der Waals surface area contributed by atoms with Crippen LogP contribution in [0.3, 0.4) is 0 Å². The molecule has 1 unspecified atom stereocenters. The smallest absolute Gasteiger partial charge is 0.331 e. The van der Waals surface area contributed by atoms with Crippen molar-refractivity contribution in [1.29, 1.82) is 0 Å². The number of hydrogen-bond donors (Lipinski definition) is 0. The minimum atomic E-state index is -0.501. The van der Waals surface area contributed by atoms with Gasteiger partial charge in [0, 0.05) is 26.4 Å². The Hall–Kier alpha value is -2.11. The fourth-order valence-electron chi connectivity index (χ4n) is 2.06. The van der Waals surface area contributed by atoms with Crippen LogP contribution in [-0.2, 0) is 23.6 Å². The van der Waals surface area contributed by atoms with Crippen molar-refractivity contribution in [3.05, 3.63) is 38.7 Å². The number of carbonyl (C=O) groups is 1. The first-order chi connectivity index (χ1) is 9.72. The minimum absolute atomic E-state index is 0.176. The number of carbonyl (C=O) groups excluding carboxylic acids is 1. The molecule has 0 aromatic carbocycles. The van der Waals surface area contributed by atoms with Crippen LogP contribution in [0.2, 0.25) is 0 Å². The first-order valence-corrected chi connectivity index (χ1v) is 6.87. The van der Waals surface area contributed by atoms with Gasteiger partial charge in [-0.3, -0.25) is 9.36 Å². The SMILES string of the molecule is CC(C)CC(C)OC(=O)/C=C/c1cn(C)c(=O)n(C)c1=O. The minimum Gasteiger partial charge on any atom is -0.460 e. The maximum atomic E-state index is 11.9. The summed E-state index contributed by atoms with van der Waals surface area (Å²) in [6.07, 6.45) is 4.57. The van der Waals surface area contributed by atoms with Gasteiger partial charge in [0.1, 0.15) is 0 Å². The molecule has 116 valence electrons. The van der Waals surface area contributed by atoms with Crippen molar-refractivity contribution in [1.82, 2.24) is 9.13 Å². The number of rotatable bonds is 5. The highest BCUT2D eigenvalue weighted by atomic mass is 16.5. The van der Waals surface area contributed by atoms with Crippen molar-refractivity contribution >= 4 is 12.0 Å². The average molecular weight is 294 g/mol. The van der Waals surface area contributed by atoms with Gasteiger partial charge in [0.2, 0.25) is 0 Å². The molecule has 1 rings (SSSR count). The van der Waals surface area contributed by atoms with E-state index in [0.29, 0.717) is 5.92 Å². The van der Waals surface area contributed by atoms with Gasteiger partial charge in [-0.1, -0.05) is 13.8 Å². The van der Waals surface area contributed by atoms with Crippen LogP contribution in [0.4, 0.5) is 0 Å². The third kappa shape index (κ3) is 4.73. The first kappa shape index (κ1) is 16.9. The predicted molar refractivity (Wildman–Crippen MR) is 81.0 cm³/mol. The van der Waals surface area contributed by atoms with Crippen molar-refractivity contribution in [2.75, 3.05) is 0 Å². The molecule has 0 spiro atoms. The summed E-state index contributed by atoms with van der Waals surface area (Å²) < 4.78 is 7.48. The van der Waals surface area contributed by atoms with Gasteiger partial charge in [0.25, 0.3) is 5.56 Å². The van der Waals surface area contributed by atoms with Gasteiger partial charge in [-0.2, -0.15) is 0 Å². The number of aryl methyl sites for hydroxylation is 1. The molecule has 1 atom stereocenters. The lowest BCUT2D eigenvalue weighted by Gasteiger charge is -2.13. The topological polar surface area (TPSA) is 70.3 Å². The van der Waals surface area contributed by atoms with E-state index in [1.807, 2.05) is 20.8 Å². The standard InChI is InChI=1S/C15H22N2O4/c1-10(2)8-11(3)21-13(18)7-6-12-9-16(4)15(20)17(5)14(12)19/h6-7,9-11H,8H2,1-5H3/b7-6+. The van der Waals surface area contributed by atoms with Gasteiger partial charge < -0.3 is 9.30 Å². The fraction of sp³-hybridized carbons (Fsp3) is 0.533. The Kier molecular flexibility index (Phi) is 5.69. The van der Waals surface area contributed by atoms with Gasteiger partial charge in [-0.15, -0.1) is 0 Å². The Morgan fingerprint density at radius 2 is 1.90 bits per heavy atom. The molecule has 1 heterocycles. The lowest BCUT2D eigenvalue weighted by molar-refractivity contribution is -0.142. The molecule has 1 aromatic heterocycles.